The van der Waals surface area contributed by atoms with Crippen LogP contribution in [0.25, 0.3) is 0 Å². The normalized spacial score (nSPS) is 10.1. The van der Waals surface area contributed by atoms with Crippen molar-refractivity contribution in [1.29, 1.82) is 0 Å². The van der Waals surface area contributed by atoms with Gasteiger partial charge in [-0.1, -0.05) is 11.6 Å². The number of rotatable bonds is 6. The van der Waals surface area contributed by atoms with Gasteiger partial charge in [0.15, 0.2) is 0 Å². The Hall–Kier alpha value is -1.39. The Labute approximate surface area is 83.5 Å². The highest BCUT2D eigenvalue weighted by atomic mass is 16.1. The van der Waals surface area contributed by atoms with Gasteiger partial charge in [-0.15, -0.1) is 5.10 Å². The van der Waals surface area contributed by atoms with E-state index in [0.29, 0.717) is 6.42 Å². The van der Waals surface area contributed by atoms with Gasteiger partial charge in [0.2, 0.25) is 5.91 Å². The minimum atomic E-state index is 0.116. The number of hydrogen-bond acceptors (Lipinski definition) is 3. The van der Waals surface area contributed by atoms with E-state index in [1.54, 1.807) is 17.9 Å². The van der Waals surface area contributed by atoms with Crippen LogP contribution in [0.3, 0.4) is 0 Å². The minimum absolute atomic E-state index is 0.116. The smallest absolute Gasteiger partial charge is 0.219 e. The van der Waals surface area contributed by atoms with Gasteiger partial charge in [0, 0.05) is 26.2 Å². The van der Waals surface area contributed by atoms with E-state index in [0.717, 1.165) is 25.8 Å². The van der Waals surface area contributed by atoms with Crippen molar-refractivity contribution in [2.75, 3.05) is 7.05 Å². The van der Waals surface area contributed by atoms with Crippen LogP contribution >= 0.6 is 0 Å². The molecule has 0 spiro atoms. The predicted octanol–water partition coefficient (Wildman–Crippen LogP) is 0.584. The number of carbonyl (C=O) groups excluding carboxylic acids is 1. The molecule has 0 aliphatic rings. The van der Waals surface area contributed by atoms with Crippen molar-refractivity contribution in [3.8, 4) is 0 Å². The highest BCUT2D eigenvalue weighted by Crippen LogP contribution is 2.01. The maximum absolute atomic E-state index is 10.9. The molecule has 0 aliphatic heterocycles. The molecule has 0 radical (unpaired) electrons. The molecule has 1 N–H and O–H groups in total. The number of unbranched alkanes of at least 4 members (excludes halogenated alkanes) is 2. The summed E-state index contributed by atoms with van der Waals surface area (Å²) >= 11 is 0. The Morgan fingerprint density at radius 3 is 2.93 bits per heavy atom. The monoisotopic (exact) mass is 196 g/mol. The summed E-state index contributed by atoms with van der Waals surface area (Å²) in [5, 5.41) is 10.2. The van der Waals surface area contributed by atoms with Crippen LogP contribution in [0.15, 0.2) is 12.4 Å². The van der Waals surface area contributed by atoms with E-state index < -0.39 is 0 Å². The van der Waals surface area contributed by atoms with Crippen LogP contribution in [0.2, 0.25) is 0 Å². The van der Waals surface area contributed by atoms with Gasteiger partial charge in [-0.2, -0.15) is 0 Å². The van der Waals surface area contributed by atoms with Crippen molar-refractivity contribution in [3.63, 3.8) is 0 Å². The molecule has 0 bridgehead atoms. The zero-order valence-corrected chi connectivity index (χ0v) is 8.44. The lowest BCUT2D eigenvalue weighted by Gasteiger charge is -2.00. The number of hydrogen-bond donors (Lipinski definition) is 1. The first-order valence-corrected chi connectivity index (χ1v) is 4.87. The summed E-state index contributed by atoms with van der Waals surface area (Å²) in [5.74, 6) is 0.116. The maximum Gasteiger partial charge on any atom is 0.219 e. The molecule has 1 heterocycles. The Bertz CT molecular complexity index is 258. The number of amides is 1. The molecular formula is C9H16N4O. The zero-order valence-electron chi connectivity index (χ0n) is 8.44. The summed E-state index contributed by atoms with van der Waals surface area (Å²) in [7, 11) is 1.66. The number of nitrogens with zero attached hydrogens (tertiary/aromatic N) is 3. The summed E-state index contributed by atoms with van der Waals surface area (Å²) in [5.41, 5.74) is 0. The second kappa shape index (κ2) is 6.12. The number of carbonyl (C=O) groups is 1. The lowest BCUT2D eigenvalue weighted by Crippen LogP contribution is -2.16. The van der Waals surface area contributed by atoms with Gasteiger partial charge in [-0.05, 0) is 12.8 Å². The summed E-state index contributed by atoms with van der Waals surface area (Å²) < 4.78 is 1.81. The van der Waals surface area contributed by atoms with E-state index in [1.807, 2.05) is 6.20 Å². The molecule has 78 valence electrons. The van der Waals surface area contributed by atoms with Crippen molar-refractivity contribution in [1.82, 2.24) is 20.3 Å². The molecule has 0 fully saturated rings. The fourth-order valence-corrected chi connectivity index (χ4v) is 1.21. The van der Waals surface area contributed by atoms with Crippen LogP contribution in [-0.2, 0) is 11.3 Å². The molecule has 5 heteroatoms. The zero-order chi connectivity index (χ0) is 10.2. The maximum atomic E-state index is 10.9. The standard InChI is InChI=1S/C9H16N4O/c1-10-9(14)5-3-2-4-7-13-8-6-11-12-13/h6,8H,2-5,7H2,1H3,(H,10,14). The van der Waals surface area contributed by atoms with Gasteiger partial charge in [0.25, 0.3) is 0 Å². The Balaban J connectivity index is 1.97. The molecule has 0 saturated heterocycles. The molecule has 5 nitrogen and oxygen atoms in total. The van der Waals surface area contributed by atoms with Crippen molar-refractivity contribution in [3.05, 3.63) is 12.4 Å². The van der Waals surface area contributed by atoms with Crippen LogP contribution in [0.4, 0.5) is 0 Å². The first-order valence-electron chi connectivity index (χ1n) is 4.87. The van der Waals surface area contributed by atoms with Gasteiger partial charge in [0.1, 0.15) is 0 Å². The van der Waals surface area contributed by atoms with E-state index in [-0.39, 0.29) is 5.91 Å². The topological polar surface area (TPSA) is 59.8 Å². The van der Waals surface area contributed by atoms with Gasteiger partial charge in [-0.25, -0.2) is 0 Å². The van der Waals surface area contributed by atoms with Gasteiger partial charge < -0.3 is 5.32 Å². The second-order valence-corrected chi connectivity index (χ2v) is 3.15. The third-order valence-electron chi connectivity index (χ3n) is 2.04. The number of aromatic nitrogens is 3. The van der Waals surface area contributed by atoms with Gasteiger partial charge in [-0.3, -0.25) is 9.48 Å². The first-order chi connectivity index (χ1) is 6.83. The third-order valence-corrected chi connectivity index (χ3v) is 2.04. The van der Waals surface area contributed by atoms with Crippen molar-refractivity contribution < 1.29 is 4.79 Å². The molecule has 14 heavy (non-hydrogen) atoms. The third kappa shape index (κ3) is 4.02. The van der Waals surface area contributed by atoms with Crippen molar-refractivity contribution >= 4 is 5.91 Å². The SMILES string of the molecule is CNC(=O)CCCCCn1ccnn1. The van der Waals surface area contributed by atoms with Crippen molar-refractivity contribution in [2.24, 2.45) is 0 Å². The summed E-state index contributed by atoms with van der Waals surface area (Å²) in [6, 6.07) is 0. The molecule has 0 unspecified atom stereocenters. The average molecular weight is 196 g/mol. The van der Waals surface area contributed by atoms with Crippen molar-refractivity contribution in [2.45, 2.75) is 32.2 Å². The quantitative estimate of drug-likeness (QED) is 0.677. The lowest BCUT2D eigenvalue weighted by atomic mass is 10.2. The predicted molar refractivity (Wildman–Crippen MR) is 52.6 cm³/mol. The number of aryl methyl sites for hydroxylation is 1. The fourth-order valence-electron chi connectivity index (χ4n) is 1.21. The van der Waals surface area contributed by atoms with Crippen LogP contribution < -0.4 is 5.32 Å². The average Bonchev–Trinajstić information content (AvgIpc) is 2.69. The Morgan fingerprint density at radius 1 is 1.43 bits per heavy atom. The van der Waals surface area contributed by atoms with E-state index in [1.165, 1.54) is 0 Å². The molecule has 0 aromatic carbocycles. The van der Waals surface area contributed by atoms with Gasteiger partial charge in [0.05, 0.1) is 6.20 Å². The molecule has 1 rings (SSSR count). The molecule has 1 aromatic rings. The van der Waals surface area contributed by atoms with Crippen LogP contribution in [0, 0.1) is 0 Å². The highest BCUT2D eigenvalue weighted by molar-refractivity contribution is 5.75. The first kappa shape index (κ1) is 10.7. The van der Waals surface area contributed by atoms with Crippen LogP contribution in [-0.4, -0.2) is 27.9 Å². The second-order valence-electron chi connectivity index (χ2n) is 3.15. The molecule has 1 aromatic heterocycles. The lowest BCUT2D eigenvalue weighted by molar-refractivity contribution is -0.120. The molecule has 1 amide bonds. The summed E-state index contributed by atoms with van der Waals surface area (Å²) in [4.78, 5) is 10.9. The Kier molecular flexibility index (Phi) is 4.68. The molecular weight excluding hydrogens is 180 g/mol. The highest BCUT2D eigenvalue weighted by Gasteiger charge is 1.97. The molecule has 0 saturated carbocycles. The summed E-state index contributed by atoms with van der Waals surface area (Å²) in [6.45, 7) is 0.883. The summed E-state index contributed by atoms with van der Waals surface area (Å²) in [6.07, 6.45) is 7.17. The van der Waals surface area contributed by atoms with E-state index >= 15 is 0 Å². The largest absolute Gasteiger partial charge is 0.359 e. The Morgan fingerprint density at radius 2 is 2.29 bits per heavy atom. The van der Waals surface area contributed by atoms with E-state index in [2.05, 4.69) is 15.6 Å². The molecule has 0 atom stereocenters. The number of nitrogens with one attached hydrogen (secondary N) is 1. The van der Waals surface area contributed by atoms with Crippen LogP contribution in [0.1, 0.15) is 25.7 Å². The van der Waals surface area contributed by atoms with Gasteiger partial charge >= 0.3 is 0 Å². The minimum Gasteiger partial charge on any atom is -0.359 e. The fraction of sp³-hybridized carbons (Fsp3) is 0.667. The van der Waals surface area contributed by atoms with E-state index in [9.17, 15) is 4.79 Å². The van der Waals surface area contributed by atoms with Crippen LogP contribution in [0.5, 0.6) is 0 Å². The van der Waals surface area contributed by atoms with E-state index in [4.69, 9.17) is 0 Å². The molecule has 0 aliphatic carbocycles.